The third-order valence-electron chi connectivity index (χ3n) is 5.40. The SMILES string of the molecule is CC(=O)N1CCC[C@H](N)[C@@H]1COC1CCC(C(C)C)CC1. The zero-order valence-corrected chi connectivity index (χ0v) is 13.9. The van der Waals surface area contributed by atoms with E-state index in [4.69, 9.17) is 10.5 Å². The highest BCUT2D eigenvalue weighted by atomic mass is 16.5. The van der Waals surface area contributed by atoms with E-state index >= 15 is 0 Å². The molecule has 1 aliphatic heterocycles. The second-order valence-electron chi connectivity index (χ2n) is 7.20. The molecular formula is C17H32N2O2. The summed E-state index contributed by atoms with van der Waals surface area (Å²) in [7, 11) is 0. The van der Waals surface area contributed by atoms with Gasteiger partial charge in [-0.1, -0.05) is 13.8 Å². The van der Waals surface area contributed by atoms with Gasteiger partial charge < -0.3 is 15.4 Å². The van der Waals surface area contributed by atoms with Gasteiger partial charge >= 0.3 is 0 Å². The van der Waals surface area contributed by atoms with E-state index in [-0.39, 0.29) is 18.0 Å². The fourth-order valence-corrected chi connectivity index (χ4v) is 3.85. The Kier molecular flexibility index (Phi) is 6.06. The van der Waals surface area contributed by atoms with Gasteiger partial charge in [-0.2, -0.15) is 0 Å². The summed E-state index contributed by atoms with van der Waals surface area (Å²) in [6.07, 6.45) is 7.23. The molecule has 1 amide bonds. The molecule has 122 valence electrons. The normalized spacial score (nSPS) is 34.2. The Hall–Kier alpha value is -0.610. The summed E-state index contributed by atoms with van der Waals surface area (Å²) in [5.74, 6) is 1.77. The van der Waals surface area contributed by atoms with Crippen molar-refractivity contribution in [3.63, 3.8) is 0 Å². The van der Waals surface area contributed by atoms with Gasteiger partial charge in [0, 0.05) is 19.5 Å². The third-order valence-corrected chi connectivity index (χ3v) is 5.40. The number of piperidine rings is 1. The number of carbonyl (C=O) groups excluding carboxylic acids is 1. The number of rotatable bonds is 4. The summed E-state index contributed by atoms with van der Waals surface area (Å²) < 4.78 is 6.13. The second-order valence-corrected chi connectivity index (χ2v) is 7.20. The number of nitrogens with zero attached hydrogens (tertiary/aromatic N) is 1. The highest BCUT2D eigenvalue weighted by Crippen LogP contribution is 2.31. The van der Waals surface area contributed by atoms with Crippen LogP contribution in [0.4, 0.5) is 0 Å². The number of amides is 1. The molecule has 0 unspecified atom stereocenters. The Bertz CT molecular complexity index is 338. The standard InChI is InChI=1S/C17H32N2O2/c1-12(2)14-6-8-15(9-7-14)21-11-17-16(18)5-4-10-19(17)13(3)20/h12,14-17H,4-11,18H2,1-3H3/t14?,15?,16-,17-/m0/s1. The first kappa shape index (κ1) is 16.8. The van der Waals surface area contributed by atoms with Crippen molar-refractivity contribution in [2.24, 2.45) is 17.6 Å². The van der Waals surface area contributed by atoms with Gasteiger partial charge in [0.1, 0.15) is 0 Å². The van der Waals surface area contributed by atoms with Crippen molar-refractivity contribution in [2.75, 3.05) is 13.2 Å². The zero-order chi connectivity index (χ0) is 15.4. The lowest BCUT2D eigenvalue weighted by Crippen LogP contribution is -2.56. The van der Waals surface area contributed by atoms with Crippen LogP contribution in [0, 0.1) is 11.8 Å². The van der Waals surface area contributed by atoms with Crippen LogP contribution in [0.5, 0.6) is 0 Å². The van der Waals surface area contributed by atoms with Crippen molar-refractivity contribution in [1.82, 2.24) is 4.90 Å². The van der Waals surface area contributed by atoms with Crippen LogP contribution in [0.25, 0.3) is 0 Å². The molecule has 0 radical (unpaired) electrons. The molecule has 0 aromatic heterocycles. The molecule has 0 bridgehead atoms. The summed E-state index contributed by atoms with van der Waals surface area (Å²) in [6.45, 7) is 7.71. The molecule has 21 heavy (non-hydrogen) atoms. The molecule has 1 heterocycles. The maximum Gasteiger partial charge on any atom is 0.219 e. The Morgan fingerprint density at radius 2 is 1.90 bits per heavy atom. The van der Waals surface area contributed by atoms with Gasteiger partial charge in [0.05, 0.1) is 18.8 Å². The summed E-state index contributed by atoms with van der Waals surface area (Å²) >= 11 is 0. The van der Waals surface area contributed by atoms with Crippen molar-refractivity contribution in [1.29, 1.82) is 0 Å². The van der Waals surface area contributed by atoms with Crippen LogP contribution in [-0.2, 0) is 9.53 Å². The summed E-state index contributed by atoms with van der Waals surface area (Å²) in [4.78, 5) is 13.6. The van der Waals surface area contributed by atoms with Crippen LogP contribution in [0.2, 0.25) is 0 Å². The largest absolute Gasteiger partial charge is 0.376 e. The number of hydrogen-bond acceptors (Lipinski definition) is 3. The first-order valence-electron chi connectivity index (χ1n) is 8.63. The lowest BCUT2D eigenvalue weighted by molar-refractivity contribution is -0.136. The Balaban J connectivity index is 1.80. The lowest BCUT2D eigenvalue weighted by atomic mass is 9.80. The van der Waals surface area contributed by atoms with E-state index < -0.39 is 0 Å². The van der Waals surface area contributed by atoms with E-state index in [1.807, 2.05) is 4.90 Å². The number of likely N-dealkylation sites (tertiary alicyclic amines) is 1. The average molecular weight is 296 g/mol. The van der Waals surface area contributed by atoms with Gasteiger partial charge in [0.25, 0.3) is 0 Å². The van der Waals surface area contributed by atoms with E-state index in [0.717, 1.165) is 44.1 Å². The van der Waals surface area contributed by atoms with Crippen LogP contribution in [0.1, 0.15) is 59.3 Å². The van der Waals surface area contributed by atoms with E-state index in [2.05, 4.69) is 13.8 Å². The van der Waals surface area contributed by atoms with Crippen LogP contribution < -0.4 is 5.73 Å². The quantitative estimate of drug-likeness (QED) is 0.867. The van der Waals surface area contributed by atoms with Crippen LogP contribution in [0.15, 0.2) is 0 Å². The summed E-state index contributed by atoms with van der Waals surface area (Å²) in [6, 6.07) is 0.133. The predicted molar refractivity (Wildman–Crippen MR) is 84.9 cm³/mol. The molecule has 2 fully saturated rings. The molecule has 2 atom stereocenters. The minimum Gasteiger partial charge on any atom is -0.376 e. The maximum absolute atomic E-state index is 11.7. The van der Waals surface area contributed by atoms with Crippen molar-refractivity contribution in [3.8, 4) is 0 Å². The van der Waals surface area contributed by atoms with E-state index in [9.17, 15) is 4.79 Å². The molecule has 0 spiro atoms. The molecule has 4 heteroatoms. The molecule has 1 aliphatic carbocycles. The number of ether oxygens (including phenoxy) is 1. The third kappa shape index (κ3) is 4.43. The molecule has 4 nitrogen and oxygen atoms in total. The van der Waals surface area contributed by atoms with E-state index in [1.54, 1.807) is 6.92 Å². The maximum atomic E-state index is 11.7. The van der Waals surface area contributed by atoms with Crippen molar-refractivity contribution < 1.29 is 9.53 Å². The lowest BCUT2D eigenvalue weighted by Gasteiger charge is -2.40. The average Bonchev–Trinajstić information content (AvgIpc) is 2.46. The zero-order valence-electron chi connectivity index (χ0n) is 13.9. The molecule has 0 aromatic rings. The monoisotopic (exact) mass is 296 g/mol. The highest BCUT2D eigenvalue weighted by Gasteiger charge is 2.32. The van der Waals surface area contributed by atoms with E-state index in [0.29, 0.717) is 12.7 Å². The molecular weight excluding hydrogens is 264 g/mol. The van der Waals surface area contributed by atoms with Crippen LogP contribution in [-0.4, -0.2) is 42.1 Å². The van der Waals surface area contributed by atoms with Crippen molar-refractivity contribution >= 4 is 5.91 Å². The van der Waals surface area contributed by atoms with E-state index in [1.165, 1.54) is 12.8 Å². The molecule has 0 aromatic carbocycles. The Morgan fingerprint density at radius 1 is 1.24 bits per heavy atom. The molecule has 2 aliphatic rings. The first-order valence-corrected chi connectivity index (χ1v) is 8.63. The van der Waals surface area contributed by atoms with Gasteiger partial charge in [-0.05, 0) is 50.4 Å². The Labute approximate surface area is 129 Å². The van der Waals surface area contributed by atoms with Crippen molar-refractivity contribution in [2.45, 2.75) is 77.5 Å². The van der Waals surface area contributed by atoms with Gasteiger partial charge in [0.2, 0.25) is 5.91 Å². The van der Waals surface area contributed by atoms with Gasteiger partial charge in [0.15, 0.2) is 0 Å². The van der Waals surface area contributed by atoms with Crippen LogP contribution >= 0.6 is 0 Å². The van der Waals surface area contributed by atoms with Crippen LogP contribution in [0.3, 0.4) is 0 Å². The van der Waals surface area contributed by atoms with Gasteiger partial charge in [-0.3, -0.25) is 4.79 Å². The molecule has 2 N–H and O–H groups in total. The van der Waals surface area contributed by atoms with Gasteiger partial charge in [-0.15, -0.1) is 0 Å². The van der Waals surface area contributed by atoms with Crippen molar-refractivity contribution in [3.05, 3.63) is 0 Å². The number of hydrogen-bond donors (Lipinski definition) is 1. The highest BCUT2D eigenvalue weighted by molar-refractivity contribution is 5.73. The number of carbonyl (C=O) groups is 1. The summed E-state index contributed by atoms with van der Waals surface area (Å²) in [5, 5.41) is 0. The molecule has 2 rings (SSSR count). The minimum absolute atomic E-state index is 0.0645. The topological polar surface area (TPSA) is 55.6 Å². The molecule has 1 saturated heterocycles. The Morgan fingerprint density at radius 3 is 2.48 bits per heavy atom. The summed E-state index contributed by atoms with van der Waals surface area (Å²) in [5.41, 5.74) is 6.21. The minimum atomic E-state index is 0.0645. The smallest absolute Gasteiger partial charge is 0.219 e. The second kappa shape index (κ2) is 7.59. The van der Waals surface area contributed by atoms with Gasteiger partial charge in [-0.25, -0.2) is 0 Å². The first-order chi connectivity index (χ1) is 9.99. The molecule has 1 saturated carbocycles. The predicted octanol–water partition coefficient (Wildman–Crippen LogP) is 2.56. The fourth-order valence-electron chi connectivity index (χ4n) is 3.85. The number of nitrogens with two attached hydrogens (primary N) is 1. The fraction of sp³-hybridized carbons (Fsp3) is 0.941.